The Morgan fingerprint density at radius 2 is 1.77 bits per heavy atom. The third-order valence-corrected chi connectivity index (χ3v) is 5.71. The topological polar surface area (TPSA) is 66.7 Å². The summed E-state index contributed by atoms with van der Waals surface area (Å²) >= 11 is 17.4. The molecule has 2 heterocycles. The van der Waals surface area contributed by atoms with Gasteiger partial charge in [0.05, 0.1) is 34.6 Å². The Hall–Kier alpha value is -2.58. The molecule has 1 aromatic heterocycles. The summed E-state index contributed by atoms with van der Waals surface area (Å²) < 4.78 is 11.1. The van der Waals surface area contributed by atoms with Crippen molar-refractivity contribution in [2.45, 2.75) is 0 Å². The molecule has 0 unspecified atom stereocenters. The molecule has 1 fully saturated rings. The number of thiocarbonyl (C=S) groups is 1. The minimum absolute atomic E-state index is 0.131. The molecule has 0 spiro atoms. The highest BCUT2D eigenvalue weighted by atomic mass is 35.5. The Bertz CT molecular complexity index is 1110. The first-order chi connectivity index (χ1) is 15.0. The van der Waals surface area contributed by atoms with Crippen molar-refractivity contribution < 1.29 is 13.9 Å². The van der Waals surface area contributed by atoms with Gasteiger partial charge in [-0.25, -0.2) is 0 Å². The van der Waals surface area contributed by atoms with Crippen molar-refractivity contribution in [2.75, 3.05) is 36.5 Å². The van der Waals surface area contributed by atoms with E-state index in [4.69, 9.17) is 44.6 Å². The molecule has 160 valence electrons. The highest BCUT2D eigenvalue weighted by Crippen LogP contribution is 2.30. The molecule has 1 aliphatic rings. The SMILES string of the molecule is O=C(NC(=S)Nc1ccccc1N1CCOCC1)c1ccc(-c2ccc(Cl)c(Cl)c2)o1. The van der Waals surface area contributed by atoms with E-state index in [9.17, 15) is 4.79 Å². The van der Waals surface area contributed by atoms with Crippen molar-refractivity contribution in [1.29, 1.82) is 0 Å². The molecule has 9 heteroatoms. The molecule has 2 N–H and O–H groups in total. The maximum atomic E-state index is 12.6. The van der Waals surface area contributed by atoms with Gasteiger partial charge in [0.2, 0.25) is 0 Å². The molecule has 3 aromatic rings. The summed E-state index contributed by atoms with van der Waals surface area (Å²) in [6.07, 6.45) is 0. The van der Waals surface area contributed by atoms with Gasteiger partial charge in [0, 0.05) is 18.7 Å². The molecule has 1 amide bonds. The average Bonchev–Trinajstić information content (AvgIpc) is 3.27. The third kappa shape index (κ3) is 5.19. The number of carbonyl (C=O) groups excluding carboxylic acids is 1. The van der Waals surface area contributed by atoms with Crippen LogP contribution in [0.5, 0.6) is 0 Å². The number of morpholine rings is 1. The molecule has 31 heavy (non-hydrogen) atoms. The number of nitrogens with zero attached hydrogens (tertiary/aromatic N) is 1. The van der Waals surface area contributed by atoms with Crippen LogP contribution in [0.25, 0.3) is 11.3 Å². The Morgan fingerprint density at radius 3 is 2.55 bits per heavy atom. The average molecular weight is 476 g/mol. The lowest BCUT2D eigenvalue weighted by Gasteiger charge is -2.30. The number of rotatable bonds is 4. The van der Waals surface area contributed by atoms with Crippen LogP contribution in [0.15, 0.2) is 59.0 Å². The van der Waals surface area contributed by atoms with E-state index < -0.39 is 5.91 Å². The lowest BCUT2D eigenvalue weighted by atomic mass is 10.2. The smallest absolute Gasteiger partial charge is 0.293 e. The molecular weight excluding hydrogens is 457 g/mol. The van der Waals surface area contributed by atoms with Gasteiger partial charge >= 0.3 is 0 Å². The summed E-state index contributed by atoms with van der Waals surface area (Å²) in [6.45, 7) is 2.94. The zero-order chi connectivity index (χ0) is 21.8. The van der Waals surface area contributed by atoms with E-state index in [1.165, 1.54) is 0 Å². The van der Waals surface area contributed by atoms with Crippen molar-refractivity contribution >= 4 is 57.8 Å². The molecule has 4 rings (SSSR count). The van der Waals surface area contributed by atoms with E-state index in [1.54, 1.807) is 30.3 Å². The fraction of sp³-hybridized carbons (Fsp3) is 0.182. The molecule has 0 aliphatic carbocycles. The van der Waals surface area contributed by atoms with Crippen LogP contribution in [0, 0.1) is 0 Å². The van der Waals surface area contributed by atoms with E-state index in [1.807, 2.05) is 24.3 Å². The van der Waals surface area contributed by atoms with Gasteiger partial charge in [0.15, 0.2) is 10.9 Å². The van der Waals surface area contributed by atoms with Crippen LogP contribution in [0.4, 0.5) is 11.4 Å². The minimum atomic E-state index is -0.451. The fourth-order valence-corrected chi connectivity index (χ4v) is 3.74. The number of ether oxygens (including phenoxy) is 1. The number of furan rings is 1. The van der Waals surface area contributed by atoms with Crippen molar-refractivity contribution in [1.82, 2.24) is 5.32 Å². The first-order valence-electron chi connectivity index (χ1n) is 9.60. The number of benzene rings is 2. The largest absolute Gasteiger partial charge is 0.451 e. The van der Waals surface area contributed by atoms with Crippen molar-refractivity contribution in [2.24, 2.45) is 0 Å². The Kier molecular flexibility index (Phi) is 6.77. The quantitative estimate of drug-likeness (QED) is 0.504. The number of carbonyl (C=O) groups is 1. The van der Waals surface area contributed by atoms with Gasteiger partial charge in [-0.2, -0.15) is 0 Å². The molecule has 2 aromatic carbocycles. The Morgan fingerprint density at radius 1 is 1.00 bits per heavy atom. The number of anilines is 2. The first-order valence-corrected chi connectivity index (χ1v) is 10.8. The molecule has 0 radical (unpaired) electrons. The van der Waals surface area contributed by atoms with Crippen LogP contribution in [-0.2, 0) is 4.74 Å². The van der Waals surface area contributed by atoms with E-state index in [0.717, 1.165) is 24.5 Å². The van der Waals surface area contributed by atoms with Gasteiger partial charge in [-0.3, -0.25) is 10.1 Å². The highest BCUT2D eigenvalue weighted by molar-refractivity contribution is 7.80. The van der Waals surface area contributed by atoms with E-state index in [-0.39, 0.29) is 10.9 Å². The molecule has 6 nitrogen and oxygen atoms in total. The zero-order valence-corrected chi connectivity index (χ0v) is 18.7. The molecule has 0 saturated carbocycles. The summed E-state index contributed by atoms with van der Waals surface area (Å²) in [5, 5.41) is 6.80. The standard InChI is InChI=1S/C22H19Cl2N3O3S/c23-15-6-5-14(13-16(15)24)19-7-8-20(30-19)21(28)26-22(31)25-17-3-1-2-4-18(17)27-9-11-29-12-10-27/h1-8,13H,9-12H2,(H2,25,26,28,31). The maximum Gasteiger partial charge on any atom is 0.293 e. The van der Waals surface area contributed by atoms with E-state index in [2.05, 4.69) is 15.5 Å². The maximum absolute atomic E-state index is 12.6. The molecule has 1 saturated heterocycles. The molecule has 0 bridgehead atoms. The second kappa shape index (κ2) is 9.70. The summed E-state index contributed by atoms with van der Waals surface area (Å²) in [5.41, 5.74) is 2.53. The lowest BCUT2D eigenvalue weighted by Crippen LogP contribution is -2.38. The van der Waals surface area contributed by atoms with Gasteiger partial charge in [-0.1, -0.05) is 35.3 Å². The van der Waals surface area contributed by atoms with Crippen molar-refractivity contribution in [3.63, 3.8) is 0 Å². The number of amides is 1. The fourth-order valence-electron chi connectivity index (χ4n) is 3.24. The van der Waals surface area contributed by atoms with E-state index in [0.29, 0.717) is 34.6 Å². The van der Waals surface area contributed by atoms with Crippen LogP contribution < -0.4 is 15.5 Å². The predicted molar refractivity (Wildman–Crippen MR) is 127 cm³/mol. The van der Waals surface area contributed by atoms with Crippen LogP contribution in [0.1, 0.15) is 10.6 Å². The number of halogens is 2. The van der Waals surface area contributed by atoms with Crippen LogP contribution in [-0.4, -0.2) is 37.3 Å². The second-order valence-electron chi connectivity index (χ2n) is 6.82. The van der Waals surface area contributed by atoms with Crippen LogP contribution >= 0.6 is 35.4 Å². The molecular formula is C22H19Cl2N3O3S. The number of hydrogen-bond acceptors (Lipinski definition) is 5. The predicted octanol–water partition coefficient (Wildman–Crippen LogP) is 5.22. The van der Waals surface area contributed by atoms with Crippen LogP contribution in [0.2, 0.25) is 10.0 Å². The number of nitrogens with one attached hydrogen (secondary N) is 2. The summed E-state index contributed by atoms with van der Waals surface area (Å²) in [6, 6.07) is 16.2. The van der Waals surface area contributed by atoms with Crippen molar-refractivity contribution in [3.8, 4) is 11.3 Å². The minimum Gasteiger partial charge on any atom is -0.451 e. The summed E-state index contributed by atoms with van der Waals surface area (Å²) in [5.74, 6) is 0.180. The van der Waals surface area contributed by atoms with E-state index >= 15 is 0 Å². The molecule has 1 aliphatic heterocycles. The molecule has 0 atom stereocenters. The van der Waals surface area contributed by atoms with Gasteiger partial charge in [-0.15, -0.1) is 0 Å². The second-order valence-corrected chi connectivity index (χ2v) is 8.04. The van der Waals surface area contributed by atoms with Gasteiger partial charge in [0.25, 0.3) is 5.91 Å². The zero-order valence-electron chi connectivity index (χ0n) is 16.4. The van der Waals surface area contributed by atoms with Gasteiger partial charge < -0.3 is 19.4 Å². The number of hydrogen-bond donors (Lipinski definition) is 2. The first kappa shape index (κ1) is 21.6. The monoisotopic (exact) mass is 475 g/mol. The van der Waals surface area contributed by atoms with Gasteiger partial charge in [0.1, 0.15) is 5.76 Å². The normalized spacial score (nSPS) is 13.7. The highest BCUT2D eigenvalue weighted by Gasteiger charge is 2.17. The third-order valence-electron chi connectivity index (χ3n) is 4.76. The summed E-state index contributed by atoms with van der Waals surface area (Å²) in [4.78, 5) is 14.8. The van der Waals surface area contributed by atoms with Crippen LogP contribution in [0.3, 0.4) is 0 Å². The van der Waals surface area contributed by atoms with Gasteiger partial charge in [-0.05, 0) is 54.7 Å². The lowest BCUT2D eigenvalue weighted by molar-refractivity contribution is 0.0951. The Labute approximate surface area is 195 Å². The van der Waals surface area contributed by atoms with Crippen molar-refractivity contribution in [3.05, 3.63) is 70.4 Å². The number of para-hydroxylation sites is 2. The Balaban J connectivity index is 1.42. The summed E-state index contributed by atoms with van der Waals surface area (Å²) in [7, 11) is 0.